The fraction of sp³-hybridized carbons (Fsp3) is 0.533. The Morgan fingerprint density at radius 1 is 1.43 bits per heavy atom. The van der Waals surface area contributed by atoms with E-state index in [1.807, 2.05) is 24.8 Å². The number of hydrogen-bond acceptors (Lipinski definition) is 4. The number of fused-ring (bicyclic) bond motifs is 1. The van der Waals surface area contributed by atoms with Crippen molar-refractivity contribution in [2.45, 2.75) is 43.7 Å². The van der Waals surface area contributed by atoms with Gasteiger partial charge in [0, 0.05) is 12.1 Å². The SMILES string of the molecule is CCC(C)N(CC(=O)O)C1CCS(=O)(=O)c2ccccc21. The van der Waals surface area contributed by atoms with Gasteiger partial charge >= 0.3 is 5.97 Å². The zero-order valence-corrected chi connectivity index (χ0v) is 13.1. The molecule has 0 aliphatic carbocycles. The molecule has 5 nitrogen and oxygen atoms in total. The van der Waals surface area contributed by atoms with Gasteiger partial charge in [-0.1, -0.05) is 25.1 Å². The Morgan fingerprint density at radius 3 is 2.71 bits per heavy atom. The quantitative estimate of drug-likeness (QED) is 0.901. The fourth-order valence-corrected chi connectivity index (χ4v) is 4.48. The zero-order valence-electron chi connectivity index (χ0n) is 12.3. The van der Waals surface area contributed by atoms with Crippen LogP contribution in [0, 0.1) is 0 Å². The Balaban J connectivity index is 2.45. The highest BCUT2D eigenvalue weighted by molar-refractivity contribution is 7.91. The van der Waals surface area contributed by atoms with Crippen molar-refractivity contribution in [2.75, 3.05) is 12.3 Å². The van der Waals surface area contributed by atoms with Crippen molar-refractivity contribution in [2.24, 2.45) is 0 Å². The van der Waals surface area contributed by atoms with E-state index in [1.54, 1.807) is 18.2 Å². The number of sulfone groups is 1. The third-order valence-electron chi connectivity index (χ3n) is 4.15. The van der Waals surface area contributed by atoms with Crippen LogP contribution in [0.15, 0.2) is 29.2 Å². The minimum Gasteiger partial charge on any atom is -0.480 e. The number of nitrogens with zero attached hydrogens (tertiary/aromatic N) is 1. The van der Waals surface area contributed by atoms with Crippen LogP contribution in [0.25, 0.3) is 0 Å². The molecule has 2 unspecified atom stereocenters. The van der Waals surface area contributed by atoms with E-state index < -0.39 is 15.8 Å². The molecule has 1 aliphatic heterocycles. The van der Waals surface area contributed by atoms with Gasteiger partial charge in [-0.3, -0.25) is 9.69 Å². The van der Waals surface area contributed by atoms with E-state index in [4.69, 9.17) is 5.11 Å². The monoisotopic (exact) mass is 311 g/mol. The van der Waals surface area contributed by atoms with Gasteiger partial charge in [0.1, 0.15) is 0 Å². The largest absolute Gasteiger partial charge is 0.480 e. The third kappa shape index (κ3) is 3.27. The van der Waals surface area contributed by atoms with Crippen LogP contribution in [0.3, 0.4) is 0 Å². The van der Waals surface area contributed by atoms with Crippen LogP contribution in [0.4, 0.5) is 0 Å². The van der Waals surface area contributed by atoms with E-state index in [2.05, 4.69) is 0 Å². The Labute approximate surface area is 125 Å². The molecule has 0 radical (unpaired) electrons. The Hall–Kier alpha value is -1.40. The molecule has 1 N–H and O–H groups in total. The van der Waals surface area contributed by atoms with E-state index in [-0.39, 0.29) is 24.4 Å². The smallest absolute Gasteiger partial charge is 0.317 e. The fourth-order valence-electron chi connectivity index (χ4n) is 2.88. The van der Waals surface area contributed by atoms with Gasteiger partial charge in [0.15, 0.2) is 9.84 Å². The summed E-state index contributed by atoms with van der Waals surface area (Å²) in [5.74, 6) is -0.817. The number of hydrogen-bond donors (Lipinski definition) is 1. The van der Waals surface area contributed by atoms with Crippen molar-refractivity contribution < 1.29 is 18.3 Å². The molecular weight excluding hydrogens is 290 g/mol. The summed E-state index contributed by atoms with van der Waals surface area (Å²) in [6, 6.07) is 6.86. The van der Waals surface area contributed by atoms with Gasteiger partial charge < -0.3 is 5.11 Å². The van der Waals surface area contributed by atoms with E-state index in [1.165, 1.54) is 0 Å². The van der Waals surface area contributed by atoms with Crippen molar-refractivity contribution >= 4 is 15.8 Å². The first kappa shape index (κ1) is 16.0. The minimum absolute atomic E-state index is 0.0707. The number of carboxylic acids is 1. The first-order valence-electron chi connectivity index (χ1n) is 7.16. The van der Waals surface area contributed by atoms with Crippen molar-refractivity contribution in [3.8, 4) is 0 Å². The molecule has 0 saturated heterocycles. The lowest BCUT2D eigenvalue weighted by atomic mass is 9.99. The van der Waals surface area contributed by atoms with Crippen LogP contribution in [0.2, 0.25) is 0 Å². The molecule has 1 heterocycles. The maximum Gasteiger partial charge on any atom is 0.317 e. The highest BCUT2D eigenvalue weighted by atomic mass is 32.2. The second-order valence-electron chi connectivity index (χ2n) is 5.48. The van der Waals surface area contributed by atoms with Crippen molar-refractivity contribution in [1.29, 1.82) is 0 Å². The second-order valence-corrected chi connectivity index (χ2v) is 7.56. The van der Waals surface area contributed by atoms with E-state index >= 15 is 0 Å². The molecule has 2 rings (SSSR count). The molecule has 0 bridgehead atoms. The van der Waals surface area contributed by atoms with Crippen LogP contribution >= 0.6 is 0 Å². The summed E-state index contributed by atoms with van der Waals surface area (Å²) in [6.45, 7) is 3.91. The van der Waals surface area contributed by atoms with Crippen LogP contribution in [0.1, 0.15) is 38.3 Å². The summed E-state index contributed by atoms with van der Waals surface area (Å²) in [6.07, 6.45) is 1.26. The van der Waals surface area contributed by atoms with Crippen LogP contribution in [0.5, 0.6) is 0 Å². The Kier molecular flexibility index (Phi) is 4.68. The average molecular weight is 311 g/mol. The summed E-state index contributed by atoms with van der Waals surface area (Å²) in [4.78, 5) is 13.4. The van der Waals surface area contributed by atoms with E-state index in [0.717, 1.165) is 12.0 Å². The molecule has 1 aliphatic rings. The van der Waals surface area contributed by atoms with Crippen molar-refractivity contribution in [1.82, 2.24) is 4.90 Å². The topological polar surface area (TPSA) is 74.7 Å². The minimum atomic E-state index is -3.24. The first-order valence-corrected chi connectivity index (χ1v) is 8.81. The first-order chi connectivity index (χ1) is 9.86. The zero-order chi connectivity index (χ0) is 15.6. The molecule has 1 aromatic carbocycles. The molecule has 0 spiro atoms. The summed E-state index contributed by atoms with van der Waals surface area (Å²) in [5, 5.41) is 9.15. The number of benzene rings is 1. The molecule has 0 amide bonds. The lowest BCUT2D eigenvalue weighted by Crippen LogP contribution is -2.42. The number of aliphatic carboxylic acids is 1. The normalized spacial score (nSPS) is 21.8. The molecule has 6 heteroatoms. The van der Waals surface area contributed by atoms with Crippen molar-refractivity contribution in [3.05, 3.63) is 29.8 Å². The van der Waals surface area contributed by atoms with Gasteiger partial charge in [0.25, 0.3) is 0 Å². The summed E-state index contributed by atoms with van der Waals surface area (Å²) >= 11 is 0. The number of rotatable bonds is 5. The molecule has 2 atom stereocenters. The molecule has 1 aromatic rings. The Bertz CT molecular complexity index is 626. The van der Waals surface area contributed by atoms with E-state index in [0.29, 0.717) is 11.3 Å². The lowest BCUT2D eigenvalue weighted by molar-refractivity contribution is -0.139. The van der Waals surface area contributed by atoms with Crippen LogP contribution in [-0.2, 0) is 14.6 Å². The average Bonchev–Trinajstić information content (AvgIpc) is 2.45. The van der Waals surface area contributed by atoms with E-state index in [9.17, 15) is 13.2 Å². The predicted molar refractivity (Wildman–Crippen MR) is 79.9 cm³/mol. The van der Waals surface area contributed by atoms with Gasteiger partial charge in [-0.25, -0.2) is 8.42 Å². The summed E-state index contributed by atoms with van der Waals surface area (Å²) < 4.78 is 24.3. The maximum absolute atomic E-state index is 12.2. The molecule has 0 fully saturated rings. The maximum atomic E-state index is 12.2. The Morgan fingerprint density at radius 2 is 2.10 bits per heavy atom. The standard InChI is InChI=1S/C15H21NO4S/c1-3-11(2)16(10-15(17)18)13-8-9-21(19,20)14-7-5-4-6-12(13)14/h4-7,11,13H,3,8-10H2,1-2H3,(H,17,18). The van der Waals surface area contributed by atoms with Crippen molar-refractivity contribution in [3.63, 3.8) is 0 Å². The number of carbonyl (C=O) groups is 1. The summed E-state index contributed by atoms with van der Waals surface area (Å²) in [5.41, 5.74) is 0.727. The van der Waals surface area contributed by atoms with Gasteiger partial charge in [-0.15, -0.1) is 0 Å². The third-order valence-corrected chi connectivity index (χ3v) is 5.96. The molecule has 116 valence electrons. The predicted octanol–water partition coefficient (Wildman–Crippen LogP) is 2.09. The highest BCUT2D eigenvalue weighted by Crippen LogP contribution is 2.37. The molecule has 0 saturated carbocycles. The number of carboxylic acid groups (broad SMARTS) is 1. The molecule has 0 aromatic heterocycles. The van der Waals surface area contributed by atoms with Gasteiger partial charge in [-0.2, -0.15) is 0 Å². The summed E-state index contributed by atoms with van der Waals surface area (Å²) in [7, 11) is -3.24. The van der Waals surface area contributed by atoms with Gasteiger partial charge in [-0.05, 0) is 31.4 Å². The van der Waals surface area contributed by atoms with Gasteiger partial charge in [0.05, 0.1) is 17.2 Å². The van der Waals surface area contributed by atoms with Crippen LogP contribution in [-0.4, -0.2) is 42.7 Å². The highest BCUT2D eigenvalue weighted by Gasteiger charge is 2.35. The molecular formula is C15H21NO4S. The molecule has 21 heavy (non-hydrogen) atoms. The lowest BCUT2D eigenvalue weighted by Gasteiger charge is -2.38. The second kappa shape index (κ2) is 6.15. The van der Waals surface area contributed by atoms with Gasteiger partial charge in [0.2, 0.25) is 0 Å². The van der Waals surface area contributed by atoms with Crippen LogP contribution < -0.4 is 0 Å².